The lowest BCUT2D eigenvalue weighted by Crippen LogP contribution is -2.61. The Morgan fingerprint density at radius 3 is 2.11 bits per heavy atom. The van der Waals surface area contributed by atoms with Crippen molar-refractivity contribution in [2.45, 2.75) is 68.9 Å². The van der Waals surface area contributed by atoms with E-state index in [1.54, 1.807) is 0 Å². The maximum absolute atomic E-state index is 13.1. The largest absolute Gasteiger partial charge is 0.480 e. The number of carbonyl (C=O) groups is 3. The van der Waals surface area contributed by atoms with Crippen molar-refractivity contribution < 1.29 is 24.2 Å². The number of carboxylic acid groups (broad SMARTS) is 1. The molecule has 35 heavy (non-hydrogen) atoms. The van der Waals surface area contributed by atoms with Gasteiger partial charge in [-0.15, -0.1) is 0 Å². The Bertz CT molecular complexity index is 1080. The number of fused-ring (bicyclic) bond motifs is 3. The fraction of sp³-hybridized carbons (Fsp3) is 0.464. The van der Waals surface area contributed by atoms with Gasteiger partial charge in [-0.2, -0.15) is 0 Å². The van der Waals surface area contributed by atoms with Crippen LogP contribution in [-0.4, -0.2) is 41.3 Å². The molecule has 7 heteroatoms. The first-order valence-corrected chi connectivity index (χ1v) is 12.7. The molecule has 2 aromatic carbocycles. The normalized spacial score (nSPS) is 22.6. The van der Waals surface area contributed by atoms with E-state index in [0.717, 1.165) is 36.8 Å². The lowest BCUT2D eigenvalue weighted by atomic mass is 9.76. The van der Waals surface area contributed by atoms with Crippen LogP contribution in [0.4, 0.5) is 4.79 Å². The maximum atomic E-state index is 13.1. The van der Waals surface area contributed by atoms with Gasteiger partial charge in [0.1, 0.15) is 12.1 Å². The summed E-state index contributed by atoms with van der Waals surface area (Å²) in [6, 6.07) is 16.0. The van der Waals surface area contributed by atoms with E-state index in [1.807, 2.05) is 24.3 Å². The van der Waals surface area contributed by atoms with Crippen molar-refractivity contribution in [3.8, 4) is 11.1 Å². The molecule has 0 saturated heterocycles. The maximum Gasteiger partial charge on any atom is 0.407 e. The topological polar surface area (TPSA) is 105 Å². The molecule has 3 aliphatic rings. The molecule has 184 valence electrons. The van der Waals surface area contributed by atoms with Crippen LogP contribution >= 0.6 is 0 Å². The Morgan fingerprint density at radius 2 is 1.51 bits per heavy atom. The highest BCUT2D eigenvalue weighted by molar-refractivity contribution is 5.89. The van der Waals surface area contributed by atoms with Gasteiger partial charge in [0.2, 0.25) is 5.91 Å². The van der Waals surface area contributed by atoms with Crippen molar-refractivity contribution in [1.29, 1.82) is 0 Å². The Hall–Kier alpha value is -3.35. The van der Waals surface area contributed by atoms with Crippen molar-refractivity contribution in [3.63, 3.8) is 0 Å². The summed E-state index contributed by atoms with van der Waals surface area (Å²) < 4.78 is 5.71. The second-order valence-corrected chi connectivity index (χ2v) is 10.1. The standard InChI is InChI=1S/C28H32N2O5/c31-25(30-28(26(32)33)15-8-16-28)22-13-2-1-3-14-24(22)29-27(34)35-17-23-20-11-6-4-9-18(20)19-10-5-7-12-21(19)23/h4-7,9-12,22-24H,1-3,8,13-17H2,(H,29,34)(H,30,31)(H,32,33)/t22-,24+/m0/s1. The quantitative estimate of drug-likeness (QED) is 0.529. The summed E-state index contributed by atoms with van der Waals surface area (Å²) in [5.74, 6) is -1.75. The number of hydrogen-bond donors (Lipinski definition) is 3. The summed E-state index contributed by atoms with van der Waals surface area (Å²) in [6.07, 6.45) is 5.21. The molecule has 0 bridgehead atoms. The summed E-state index contributed by atoms with van der Waals surface area (Å²) in [5.41, 5.74) is 3.47. The van der Waals surface area contributed by atoms with Gasteiger partial charge in [-0.05, 0) is 54.4 Å². The van der Waals surface area contributed by atoms with Gasteiger partial charge < -0.3 is 20.5 Å². The second kappa shape index (κ2) is 9.72. The molecule has 2 atom stereocenters. The van der Waals surface area contributed by atoms with Crippen LogP contribution in [0, 0.1) is 5.92 Å². The van der Waals surface area contributed by atoms with Gasteiger partial charge in [-0.25, -0.2) is 9.59 Å². The third kappa shape index (κ3) is 4.51. The van der Waals surface area contributed by atoms with E-state index in [1.165, 1.54) is 11.1 Å². The van der Waals surface area contributed by atoms with Gasteiger partial charge in [-0.3, -0.25) is 4.79 Å². The Morgan fingerprint density at radius 1 is 0.886 bits per heavy atom. The molecule has 0 spiro atoms. The summed E-state index contributed by atoms with van der Waals surface area (Å²) in [6.45, 7) is 0.214. The molecular weight excluding hydrogens is 444 g/mol. The van der Waals surface area contributed by atoms with Gasteiger partial charge in [0.15, 0.2) is 0 Å². The molecule has 2 saturated carbocycles. The Labute approximate surface area is 205 Å². The van der Waals surface area contributed by atoms with Crippen LogP contribution in [0.5, 0.6) is 0 Å². The first-order chi connectivity index (χ1) is 17.0. The lowest BCUT2D eigenvalue weighted by molar-refractivity contribution is -0.152. The van der Waals surface area contributed by atoms with Gasteiger partial charge in [-0.1, -0.05) is 67.8 Å². The molecular formula is C28H32N2O5. The predicted molar refractivity (Wildman–Crippen MR) is 131 cm³/mol. The zero-order chi connectivity index (χ0) is 24.4. The van der Waals surface area contributed by atoms with E-state index in [9.17, 15) is 19.5 Å². The molecule has 7 nitrogen and oxygen atoms in total. The van der Waals surface area contributed by atoms with Crippen LogP contribution in [0.1, 0.15) is 68.4 Å². The number of hydrogen-bond acceptors (Lipinski definition) is 4. The van der Waals surface area contributed by atoms with E-state index in [4.69, 9.17) is 4.74 Å². The average molecular weight is 477 g/mol. The first kappa shape index (κ1) is 23.4. The summed E-state index contributed by atoms with van der Waals surface area (Å²) in [5, 5.41) is 15.3. The van der Waals surface area contributed by atoms with Crippen LogP contribution in [0.3, 0.4) is 0 Å². The molecule has 2 fully saturated rings. The van der Waals surface area contributed by atoms with Crippen molar-refractivity contribution in [3.05, 3.63) is 59.7 Å². The number of aliphatic carboxylic acids is 1. The zero-order valence-electron chi connectivity index (χ0n) is 19.8. The third-order valence-electron chi connectivity index (χ3n) is 7.98. The van der Waals surface area contributed by atoms with Gasteiger partial charge in [0.25, 0.3) is 0 Å². The number of nitrogens with one attached hydrogen (secondary N) is 2. The van der Waals surface area contributed by atoms with E-state index in [2.05, 4.69) is 34.9 Å². The molecule has 0 heterocycles. The molecule has 5 rings (SSSR count). The van der Waals surface area contributed by atoms with Gasteiger partial charge in [0.05, 0.1) is 5.92 Å². The summed E-state index contributed by atoms with van der Waals surface area (Å²) >= 11 is 0. The molecule has 0 aromatic heterocycles. The fourth-order valence-electron chi connectivity index (χ4n) is 5.84. The van der Waals surface area contributed by atoms with Crippen LogP contribution in [0.15, 0.2) is 48.5 Å². The highest BCUT2D eigenvalue weighted by atomic mass is 16.5. The van der Waals surface area contributed by atoms with Crippen LogP contribution in [0.2, 0.25) is 0 Å². The van der Waals surface area contributed by atoms with Crippen LogP contribution in [-0.2, 0) is 14.3 Å². The molecule has 3 aliphatic carbocycles. The van der Waals surface area contributed by atoms with E-state index >= 15 is 0 Å². The monoisotopic (exact) mass is 476 g/mol. The second-order valence-electron chi connectivity index (χ2n) is 10.1. The lowest BCUT2D eigenvalue weighted by Gasteiger charge is -2.39. The summed E-state index contributed by atoms with van der Waals surface area (Å²) in [7, 11) is 0. The summed E-state index contributed by atoms with van der Waals surface area (Å²) in [4.78, 5) is 37.7. The SMILES string of the molecule is O=C(N[C@@H]1CCCCC[C@@H]1C(=O)NC1(C(=O)O)CCC1)OCC1c2ccccc2-c2ccccc21. The molecule has 3 N–H and O–H groups in total. The smallest absolute Gasteiger partial charge is 0.407 e. The number of alkyl carbamates (subject to hydrolysis) is 1. The average Bonchev–Trinajstić information content (AvgIpc) is 2.96. The Kier molecular flexibility index (Phi) is 6.50. The van der Waals surface area contributed by atoms with E-state index in [-0.39, 0.29) is 24.5 Å². The fourth-order valence-corrected chi connectivity index (χ4v) is 5.84. The molecule has 2 aromatic rings. The van der Waals surface area contributed by atoms with Crippen molar-refractivity contribution in [1.82, 2.24) is 10.6 Å². The number of ether oxygens (including phenoxy) is 1. The number of amides is 2. The minimum atomic E-state index is -1.16. The van der Waals surface area contributed by atoms with Crippen LogP contribution < -0.4 is 10.6 Å². The zero-order valence-corrected chi connectivity index (χ0v) is 19.8. The number of carboxylic acids is 1. The molecule has 2 amide bonds. The molecule has 0 aliphatic heterocycles. The highest BCUT2D eigenvalue weighted by Crippen LogP contribution is 2.44. The first-order valence-electron chi connectivity index (χ1n) is 12.7. The minimum absolute atomic E-state index is 0.0320. The van der Waals surface area contributed by atoms with Crippen molar-refractivity contribution in [2.24, 2.45) is 5.92 Å². The third-order valence-corrected chi connectivity index (χ3v) is 7.98. The van der Waals surface area contributed by atoms with Gasteiger partial charge in [0, 0.05) is 12.0 Å². The number of carbonyl (C=O) groups excluding carboxylic acids is 2. The molecule has 0 unspecified atom stereocenters. The van der Waals surface area contributed by atoms with Crippen molar-refractivity contribution >= 4 is 18.0 Å². The van der Waals surface area contributed by atoms with E-state index in [0.29, 0.717) is 25.7 Å². The predicted octanol–water partition coefficient (Wildman–Crippen LogP) is 4.60. The highest BCUT2D eigenvalue weighted by Gasteiger charge is 2.47. The molecule has 0 radical (unpaired) electrons. The van der Waals surface area contributed by atoms with Gasteiger partial charge >= 0.3 is 12.1 Å². The van der Waals surface area contributed by atoms with Crippen LogP contribution in [0.25, 0.3) is 11.1 Å². The Balaban J connectivity index is 1.24. The van der Waals surface area contributed by atoms with E-state index < -0.39 is 23.5 Å². The number of rotatable bonds is 6. The minimum Gasteiger partial charge on any atom is -0.480 e. The number of benzene rings is 2. The van der Waals surface area contributed by atoms with Crippen molar-refractivity contribution in [2.75, 3.05) is 6.61 Å².